The van der Waals surface area contributed by atoms with Gasteiger partial charge >= 0.3 is 5.97 Å². The molecule has 104 valence electrons. The lowest BCUT2D eigenvalue weighted by molar-refractivity contribution is 0.0691. The third-order valence-corrected chi connectivity index (χ3v) is 2.94. The zero-order valence-corrected chi connectivity index (χ0v) is 11.4. The Morgan fingerprint density at radius 2 is 2.05 bits per heavy atom. The topological polar surface area (TPSA) is 59.4 Å². The lowest BCUT2D eigenvalue weighted by Gasteiger charge is -2.09. The number of rotatable bonds is 6. The second kappa shape index (κ2) is 6.70. The van der Waals surface area contributed by atoms with E-state index in [9.17, 15) is 4.79 Å². The molecule has 0 unspecified atom stereocenters. The number of aromatic carboxylic acids is 1. The Morgan fingerprint density at radius 3 is 2.75 bits per heavy atom. The van der Waals surface area contributed by atoms with Crippen LogP contribution in [0, 0.1) is 6.92 Å². The molecule has 0 aliphatic heterocycles. The summed E-state index contributed by atoms with van der Waals surface area (Å²) in [6.07, 6.45) is 3.09. The molecule has 1 N–H and O–H groups in total. The number of aryl methyl sites for hydroxylation is 2. The number of carboxylic acids is 1. The summed E-state index contributed by atoms with van der Waals surface area (Å²) >= 11 is 0. The first-order valence-corrected chi connectivity index (χ1v) is 6.53. The number of aromatic nitrogens is 1. The highest BCUT2D eigenvalue weighted by Crippen LogP contribution is 2.19. The number of hydrogen-bond acceptors (Lipinski definition) is 3. The van der Waals surface area contributed by atoms with Crippen LogP contribution in [0.1, 0.15) is 28.0 Å². The van der Waals surface area contributed by atoms with Crippen molar-refractivity contribution in [1.29, 1.82) is 0 Å². The lowest BCUT2D eigenvalue weighted by Crippen LogP contribution is -2.06. The van der Waals surface area contributed by atoms with Crippen LogP contribution < -0.4 is 4.74 Å². The first kappa shape index (κ1) is 14.1. The van der Waals surface area contributed by atoms with E-state index in [4.69, 9.17) is 9.84 Å². The van der Waals surface area contributed by atoms with Gasteiger partial charge in [-0.1, -0.05) is 30.3 Å². The minimum atomic E-state index is -1.02. The van der Waals surface area contributed by atoms with Gasteiger partial charge in [0.2, 0.25) is 0 Å². The highest BCUT2D eigenvalue weighted by molar-refractivity contribution is 5.90. The lowest BCUT2D eigenvalue weighted by atomic mass is 10.1. The first-order chi connectivity index (χ1) is 9.66. The van der Waals surface area contributed by atoms with Gasteiger partial charge in [0.15, 0.2) is 0 Å². The molecule has 0 amide bonds. The van der Waals surface area contributed by atoms with Crippen molar-refractivity contribution in [1.82, 2.24) is 4.98 Å². The van der Waals surface area contributed by atoms with Gasteiger partial charge < -0.3 is 9.84 Å². The summed E-state index contributed by atoms with van der Waals surface area (Å²) in [7, 11) is 0. The zero-order chi connectivity index (χ0) is 14.4. The fraction of sp³-hybridized carbons (Fsp3) is 0.250. The maximum atomic E-state index is 11.1. The Bertz CT molecular complexity index is 582. The Labute approximate surface area is 118 Å². The fourth-order valence-corrected chi connectivity index (χ4v) is 1.92. The van der Waals surface area contributed by atoms with Crippen LogP contribution in [-0.4, -0.2) is 22.7 Å². The molecule has 2 rings (SSSR count). The minimum Gasteiger partial charge on any atom is -0.493 e. The smallest absolute Gasteiger partial charge is 0.341 e. The van der Waals surface area contributed by atoms with Crippen LogP contribution >= 0.6 is 0 Å². The molecule has 0 aliphatic carbocycles. The molecule has 0 atom stereocenters. The molecule has 0 radical (unpaired) electrons. The Hall–Kier alpha value is -2.36. The van der Waals surface area contributed by atoms with Crippen molar-refractivity contribution in [3.05, 3.63) is 59.4 Å². The predicted molar refractivity (Wildman–Crippen MR) is 76.2 cm³/mol. The highest BCUT2D eigenvalue weighted by Gasteiger charge is 2.12. The average Bonchev–Trinajstić information content (AvgIpc) is 2.44. The number of benzene rings is 1. The summed E-state index contributed by atoms with van der Waals surface area (Å²) in [5.41, 5.74) is 2.10. The van der Waals surface area contributed by atoms with E-state index in [-0.39, 0.29) is 5.56 Å². The molecule has 1 heterocycles. The van der Waals surface area contributed by atoms with Crippen LogP contribution in [0.4, 0.5) is 0 Å². The quantitative estimate of drug-likeness (QED) is 0.820. The maximum Gasteiger partial charge on any atom is 0.341 e. The number of nitrogens with zero attached hydrogens (tertiary/aromatic N) is 1. The Balaban J connectivity index is 1.91. The van der Waals surface area contributed by atoms with Crippen molar-refractivity contribution in [2.75, 3.05) is 6.61 Å². The van der Waals surface area contributed by atoms with Crippen molar-refractivity contribution in [3.8, 4) is 5.75 Å². The number of carboxylic acid groups (broad SMARTS) is 1. The summed E-state index contributed by atoms with van der Waals surface area (Å²) in [4.78, 5) is 15.0. The van der Waals surface area contributed by atoms with Crippen LogP contribution in [0.2, 0.25) is 0 Å². The van der Waals surface area contributed by atoms with Crippen LogP contribution in [0.5, 0.6) is 5.75 Å². The number of pyridine rings is 1. The van der Waals surface area contributed by atoms with E-state index >= 15 is 0 Å². The van der Waals surface area contributed by atoms with Gasteiger partial charge in [-0.3, -0.25) is 4.98 Å². The second-order valence-corrected chi connectivity index (χ2v) is 4.56. The van der Waals surface area contributed by atoms with Crippen molar-refractivity contribution in [2.24, 2.45) is 0 Å². The molecular formula is C16H17NO3. The van der Waals surface area contributed by atoms with Crippen molar-refractivity contribution in [3.63, 3.8) is 0 Å². The molecule has 4 heteroatoms. The summed E-state index contributed by atoms with van der Waals surface area (Å²) in [6.45, 7) is 2.29. The number of hydrogen-bond donors (Lipinski definition) is 1. The Kier molecular flexibility index (Phi) is 4.71. The number of carbonyl (C=O) groups is 1. The van der Waals surface area contributed by atoms with E-state index in [0.717, 1.165) is 18.5 Å². The van der Waals surface area contributed by atoms with E-state index in [2.05, 4.69) is 17.1 Å². The molecule has 0 spiro atoms. The van der Waals surface area contributed by atoms with Gasteiger partial charge in [0, 0.05) is 18.0 Å². The van der Waals surface area contributed by atoms with E-state index in [1.54, 1.807) is 6.07 Å². The van der Waals surface area contributed by atoms with Crippen molar-refractivity contribution >= 4 is 5.97 Å². The van der Waals surface area contributed by atoms with Gasteiger partial charge in [-0.2, -0.15) is 0 Å². The van der Waals surface area contributed by atoms with Crippen molar-refractivity contribution in [2.45, 2.75) is 19.8 Å². The van der Waals surface area contributed by atoms with Gasteiger partial charge in [0.1, 0.15) is 11.3 Å². The average molecular weight is 271 g/mol. The van der Waals surface area contributed by atoms with Gasteiger partial charge in [0.25, 0.3) is 0 Å². The van der Waals surface area contributed by atoms with E-state index in [1.807, 2.05) is 25.1 Å². The molecule has 0 saturated carbocycles. The molecule has 1 aromatic carbocycles. The maximum absolute atomic E-state index is 11.1. The molecule has 20 heavy (non-hydrogen) atoms. The van der Waals surface area contributed by atoms with Gasteiger partial charge in [-0.05, 0) is 25.3 Å². The van der Waals surface area contributed by atoms with Gasteiger partial charge in [0.05, 0.1) is 6.61 Å². The van der Waals surface area contributed by atoms with Crippen molar-refractivity contribution < 1.29 is 14.6 Å². The fourth-order valence-electron chi connectivity index (χ4n) is 1.92. The summed E-state index contributed by atoms with van der Waals surface area (Å²) < 4.78 is 5.58. The summed E-state index contributed by atoms with van der Waals surface area (Å²) in [5, 5.41) is 9.07. The normalized spacial score (nSPS) is 10.2. The molecule has 0 fully saturated rings. The van der Waals surface area contributed by atoms with E-state index in [1.165, 1.54) is 11.8 Å². The SMILES string of the molecule is Cc1cc(OCCCc2ccccc2)c(C(=O)O)cn1. The van der Waals surface area contributed by atoms with E-state index < -0.39 is 5.97 Å². The molecule has 2 aromatic rings. The van der Waals surface area contributed by atoms with Crippen LogP contribution in [0.25, 0.3) is 0 Å². The third-order valence-electron chi connectivity index (χ3n) is 2.94. The summed E-state index contributed by atoms with van der Waals surface area (Å²) in [5.74, 6) is -0.631. The molecule has 0 saturated heterocycles. The van der Waals surface area contributed by atoms with Gasteiger partial charge in [-0.15, -0.1) is 0 Å². The predicted octanol–water partition coefficient (Wildman–Crippen LogP) is 3.10. The standard InChI is InChI=1S/C16H17NO3/c1-12-10-15(14(11-17-12)16(18)19)20-9-5-8-13-6-3-2-4-7-13/h2-4,6-7,10-11H,5,8-9H2,1H3,(H,18,19). The Morgan fingerprint density at radius 1 is 1.30 bits per heavy atom. The van der Waals surface area contributed by atoms with Crippen LogP contribution in [0.3, 0.4) is 0 Å². The van der Waals surface area contributed by atoms with Crippen LogP contribution in [0.15, 0.2) is 42.6 Å². The van der Waals surface area contributed by atoms with E-state index in [0.29, 0.717) is 12.4 Å². The molecular weight excluding hydrogens is 254 g/mol. The molecule has 0 bridgehead atoms. The second-order valence-electron chi connectivity index (χ2n) is 4.56. The summed E-state index contributed by atoms with van der Waals surface area (Å²) in [6, 6.07) is 11.8. The zero-order valence-electron chi connectivity index (χ0n) is 11.4. The number of ether oxygens (including phenoxy) is 1. The molecule has 4 nitrogen and oxygen atoms in total. The van der Waals surface area contributed by atoms with Crippen LogP contribution in [-0.2, 0) is 6.42 Å². The monoisotopic (exact) mass is 271 g/mol. The molecule has 0 aliphatic rings. The largest absolute Gasteiger partial charge is 0.493 e. The highest BCUT2D eigenvalue weighted by atomic mass is 16.5. The minimum absolute atomic E-state index is 0.107. The third kappa shape index (κ3) is 3.82. The molecule has 1 aromatic heterocycles. The first-order valence-electron chi connectivity index (χ1n) is 6.53. The van der Waals surface area contributed by atoms with Gasteiger partial charge in [-0.25, -0.2) is 4.79 Å².